The predicted molar refractivity (Wildman–Crippen MR) is 84.3 cm³/mol. The van der Waals surface area contributed by atoms with Crippen LogP contribution >= 0.6 is 0 Å². The minimum Gasteiger partial charge on any atom is -0.348 e. The van der Waals surface area contributed by atoms with Gasteiger partial charge in [-0.2, -0.15) is 0 Å². The Bertz CT molecular complexity index is 687. The van der Waals surface area contributed by atoms with Gasteiger partial charge in [-0.15, -0.1) is 0 Å². The summed E-state index contributed by atoms with van der Waals surface area (Å²) in [6.07, 6.45) is 1.81. The first kappa shape index (κ1) is 16.4. The highest BCUT2D eigenvalue weighted by molar-refractivity contribution is 6.09. The van der Waals surface area contributed by atoms with Crippen LogP contribution in [0.2, 0.25) is 0 Å². The van der Waals surface area contributed by atoms with Gasteiger partial charge in [0.25, 0.3) is 5.91 Å². The normalized spacial score (nSPS) is 24.7. The Labute approximate surface area is 139 Å². The summed E-state index contributed by atoms with van der Waals surface area (Å²) in [7, 11) is 0. The van der Waals surface area contributed by atoms with Crippen molar-refractivity contribution in [2.24, 2.45) is 5.92 Å². The van der Waals surface area contributed by atoms with Gasteiger partial charge in [-0.1, -0.05) is 12.1 Å². The van der Waals surface area contributed by atoms with E-state index in [0.29, 0.717) is 0 Å². The van der Waals surface area contributed by atoms with E-state index in [1.54, 1.807) is 26.0 Å². The van der Waals surface area contributed by atoms with E-state index in [-0.39, 0.29) is 30.2 Å². The first-order valence-electron chi connectivity index (χ1n) is 8.00. The molecular formula is C17H20FN3O3. The fourth-order valence-corrected chi connectivity index (χ4v) is 3.06. The summed E-state index contributed by atoms with van der Waals surface area (Å²) in [5.41, 5.74) is -0.148. The van der Waals surface area contributed by atoms with Crippen molar-refractivity contribution in [3.63, 3.8) is 0 Å². The van der Waals surface area contributed by atoms with E-state index >= 15 is 0 Å². The second-order valence-corrected chi connectivity index (χ2v) is 6.64. The van der Waals surface area contributed by atoms with Crippen LogP contribution in [0.15, 0.2) is 24.3 Å². The lowest BCUT2D eigenvalue weighted by atomic mass is 9.96. The number of hydrogen-bond donors (Lipinski definition) is 2. The van der Waals surface area contributed by atoms with Crippen molar-refractivity contribution in [1.82, 2.24) is 15.5 Å². The molecule has 2 aliphatic rings. The lowest BCUT2D eigenvalue weighted by Crippen LogP contribution is -2.47. The fourth-order valence-electron chi connectivity index (χ4n) is 3.06. The number of nitrogens with zero attached hydrogens (tertiary/aromatic N) is 1. The summed E-state index contributed by atoms with van der Waals surface area (Å²) in [5, 5.41) is 5.42. The summed E-state index contributed by atoms with van der Waals surface area (Å²) in [4.78, 5) is 37.6. The first-order valence-corrected chi connectivity index (χ1v) is 8.00. The number of carbonyl (C=O) groups is 3. The van der Waals surface area contributed by atoms with Crippen LogP contribution in [0.1, 0.15) is 38.3 Å². The van der Waals surface area contributed by atoms with Crippen molar-refractivity contribution in [3.05, 3.63) is 35.6 Å². The van der Waals surface area contributed by atoms with Gasteiger partial charge in [-0.3, -0.25) is 14.5 Å². The van der Waals surface area contributed by atoms with Crippen LogP contribution in [0, 0.1) is 11.7 Å². The van der Waals surface area contributed by atoms with Crippen molar-refractivity contribution >= 4 is 17.8 Å². The molecule has 2 fully saturated rings. The van der Waals surface area contributed by atoms with Gasteiger partial charge in [0.05, 0.1) is 6.04 Å². The lowest BCUT2D eigenvalue weighted by Gasteiger charge is -2.21. The van der Waals surface area contributed by atoms with E-state index in [1.807, 2.05) is 0 Å². The van der Waals surface area contributed by atoms with Gasteiger partial charge in [-0.05, 0) is 50.3 Å². The van der Waals surface area contributed by atoms with Gasteiger partial charge in [0.1, 0.15) is 17.9 Å². The third-order valence-electron chi connectivity index (χ3n) is 4.74. The molecule has 0 radical (unpaired) electrons. The molecule has 4 amide bonds. The molecule has 2 atom stereocenters. The van der Waals surface area contributed by atoms with Crippen LogP contribution in [0.5, 0.6) is 0 Å². The number of imide groups is 1. The summed E-state index contributed by atoms with van der Waals surface area (Å²) < 4.78 is 12.9. The van der Waals surface area contributed by atoms with Gasteiger partial charge in [0.2, 0.25) is 5.91 Å². The number of amides is 4. The van der Waals surface area contributed by atoms with Crippen molar-refractivity contribution < 1.29 is 18.8 Å². The molecule has 0 bridgehead atoms. The van der Waals surface area contributed by atoms with Crippen LogP contribution < -0.4 is 10.6 Å². The van der Waals surface area contributed by atoms with Gasteiger partial charge in [0.15, 0.2) is 0 Å². The number of hydrogen-bond acceptors (Lipinski definition) is 3. The van der Waals surface area contributed by atoms with Crippen molar-refractivity contribution in [3.8, 4) is 0 Å². The van der Waals surface area contributed by atoms with Gasteiger partial charge >= 0.3 is 6.03 Å². The van der Waals surface area contributed by atoms with E-state index in [1.165, 1.54) is 12.1 Å². The highest BCUT2D eigenvalue weighted by Gasteiger charge is 2.56. The summed E-state index contributed by atoms with van der Waals surface area (Å²) >= 11 is 0. The molecule has 24 heavy (non-hydrogen) atoms. The summed E-state index contributed by atoms with van der Waals surface area (Å²) in [6.45, 7) is 3.15. The van der Waals surface area contributed by atoms with E-state index in [0.717, 1.165) is 23.3 Å². The largest absolute Gasteiger partial charge is 0.348 e. The molecule has 1 saturated carbocycles. The molecule has 1 aliphatic carbocycles. The maximum absolute atomic E-state index is 12.9. The van der Waals surface area contributed by atoms with Crippen molar-refractivity contribution in [1.29, 1.82) is 0 Å². The lowest BCUT2D eigenvalue weighted by molar-refractivity contribution is -0.135. The average Bonchev–Trinajstić information content (AvgIpc) is 3.34. The maximum Gasteiger partial charge on any atom is 0.325 e. The zero-order chi connectivity index (χ0) is 17.5. The Balaban J connectivity index is 1.61. The van der Waals surface area contributed by atoms with Crippen LogP contribution in [-0.4, -0.2) is 34.8 Å². The summed E-state index contributed by atoms with van der Waals surface area (Å²) in [6, 6.07) is 4.91. The van der Waals surface area contributed by atoms with Gasteiger partial charge in [0, 0.05) is 0 Å². The summed E-state index contributed by atoms with van der Waals surface area (Å²) in [5.74, 6) is -0.980. The number of benzene rings is 1. The molecule has 1 saturated heterocycles. The molecule has 1 aliphatic heterocycles. The van der Waals surface area contributed by atoms with Gasteiger partial charge in [-0.25, -0.2) is 9.18 Å². The topological polar surface area (TPSA) is 78.5 Å². The Morgan fingerprint density at radius 1 is 1.38 bits per heavy atom. The molecule has 1 heterocycles. The minimum atomic E-state index is -0.889. The molecule has 2 N–H and O–H groups in total. The minimum absolute atomic E-state index is 0.153. The Hall–Kier alpha value is -2.44. The van der Waals surface area contributed by atoms with Crippen molar-refractivity contribution in [2.75, 3.05) is 6.54 Å². The molecule has 0 spiro atoms. The third-order valence-corrected chi connectivity index (χ3v) is 4.74. The molecule has 6 nitrogen and oxygen atoms in total. The van der Waals surface area contributed by atoms with E-state index in [4.69, 9.17) is 0 Å². The van der Waals surface area contributed by atoms with E-state index in [9.17, 15) is 18.8 Å². The van der Waals surface area contributed by atoms with Crippen LogP contribution in [0.3, 0.4) is 0 Å². The SMILES string of the molecule is C[C@@H](NC(=O)CN1C(=O)N[C@](C)(C2CC2)C1=O)c1ccc(F)cc1. The number of nitrogens with one attached hydrogen (secondary N) is 2. The predicted octanol–water partition coefficient (Wildman–Crippen LogP) is 1.72. The highest BCUT2D eigenvalue weighted by Crippen LogP contribution is 2.42. The van der Waals surface area contributed by atoms with E-state index < -0.39 is 17.5 Å². The molecule has 0 unspecified atom stereocenters. The number of rotatable bonds is 5. The average molecular weight is 333 g/mol. The van der Waals surface area contributed by atoms with Crippen molar-refractivity contribution in [2.45, 2.75) is 38.3 Å². The second kappa shape index (κ2) is 5.89. The molecule has 1 aromatic carbocycles. The zero-order valence-electron chi connectivity index (χ0n) is 13.6. The standard InChI is InChI=1S/C17H20FN3O3/c1-10(11-3-7-13(18)8-4-11)19-14(22)9-21-15(23)17(2,12-5-6-12)20-16(21)24/h3-4,7-8,10,12H,5-6,9H2,1-2H3,(H,19,22)(H,20,24)/t10-,17-/m1/s1. The monoisotopic (exact) mass is 333 g/mol. The van der Waals surface area contributed by atoms with Crippen LogP contribution in [0.25, 0.3) is 0 Å². The second-order valence-electron chi connectivity index (χ2n) is 6.64. The number of carbonyl (C=O) groups excluding carboxylic acids is 3. The maximum atomic E-state index is 12.9. The molecule has 0 aromatic heterocycles. The zero-order valence-corrected chi connectivity index (χ0v) is 13.6. The third kappa shape index (κ3) is 2.98. The Kier molecular flexibility index (Phi) is 4.03. The number of halogens is 1. The Morgan fingerprint density at radius 2 is 2.00 bits per heavy atom. The van der Waals surface area contributed by atoms with Crippen LogP contribution in [-0.2, 0) is 9.59 Å². The molecule has 7 heteroatoms. The fraction of sp³-hybridized carbons (Fsp3) is 0.471. The molecule has 3 rings (SSSR count). The smallest absolute Gasteiger partial charge is 0.325 e. The number of urea groups is 1. The molecule has 128 valence electrons. The first-order chi connectivity index (χ1) is 11.3. The van der Waals surface area contributed by atoms with Crippen LogP contribution in [0.4, 0.5) is 9.18 Å². The molecular weight excluding hydrogens is 313 g/mol. The highest BCUT2D eigenvalue weighted by atomic mass is 19.1. The van der Waals surface area contributed by atoms with Gasteiger partial charge < -0.3 is 10.6 Å². The molecule has 1 aromatic rings. The van der Waals surface area contributed by atoms with E-state index in [2.05, 4.69) is 10.6 Å². The Morgan fingerprint density at radius 3 is 2.58 bits per heavy atom. The quantitative estimate of drug-likeness (QED) is 0.806.